The highest BCUT2D eigenvalue weighted by Gasteiger charge is 2.25. The molecule has 1 saturated heterocycles. The minimum Gasteiger partial charge on any atom is -0.459 e. The lowest BCUT2D eigenvalue weighted by atomic mass is 9.99. The van der Waals surface area contributed by atoms with Crippen molar-refractivity contribution >= 4 is 33.4 Å². The zero-order chi connectivity index (χ0) is 18.6. The number of para-hydroxylation sites is 1. The molecule has 8 heteroatoms. The minimum atomic E-state index is -0.473. The van der Waals surface area contributed by atoms with Crippen LogP contribution in [0.3, 0.4) is 0 Å². The van der Waals surface area contributed by atoms with E-state index in [2.05, 4.69) is 21.8 Å². The van der Waals surface area contributed by atoms with E-state index in [0.717, 1.165) is 36.5 Å². The first-order valence-electron chi connectivity index (χ1n) is 8.89. The van der Waals surface area contributed by atoms with Crippen LogP contribution in [-0.2, 0) is 4.79 Å². The summed E-state index contributed by atoms with van der Waals surface area (Å²) < 4.78 is 6.18. The molecule has 2 aromatic heterocycles. The van der Waals surface area contributed by atoms with Crippen molar-refractivity contribution in [2.24, 2.45) is 0 Å². The first kappa shape index (κ1) is 17.7. The lowest BCUT2D eigenvalue weighted by Crippen LogP contribution is -2.48. The lowest BCUT2D eigenvalue weighted by molar-refractivity contribution is -0.123. The van der Waals surface area contributed by atoms with Crippen molar-refractivity contribution in [1.82, 2.24) is 20.7 Å². The molecule has 1 fully saturated rings. The molecule has 2 N–H and O–H groups in total. The Morgan fingerprint density at radius 2 is 2.11 bits per heavy atom. The molecule has 1 aliphatic heterocycles. The van der Waals surface area contributed by atoms with Crippen LogP contribution in [0.25, 0.3) is 10.2 Å². The average Bonchev–Trinajstić information content (AvgIpc) is 3.36. The average molecular weight is 384 g/mol. The minimum absolute atomic E-state index is 0.157. The number of nitrogens with zero attached hydrogens (tertiary/aromatic N) is 2. The molecule has 27 heavy (non-hydrogen) atoms. The fourth-order valence-electron chi connectivity index (χ4n) is 3.30. The quantitative estimate of drug-likeness (QED) is 0.675. The van der Waals surface area contributed by atoms with E-state index < -0.39 is 5.91 Å². The molecule has 1 aliphatic rings. The fourth-order valence-corrected chi connectivity index (χ4v) is 4.40. The van der Waals surface area contributed by atoms with Gasteiger partial charge in [0.1, 0.15) is 0 Å². The Bertz CT molecular complexity index is 904. The van der Waals surface area contributed by atoms with Crippen molar-refractivity contribution < 1.29 is 14.0 Å². The summed E-state index contributed by atoms with van der Waals surface area (Å²) >= 11 is 1.73. The summed E-state index contributed by atoms with van der Waals surface area (Å²) in [5.41, 5.74) is 5.84. The van der Waals surface area contributed by atoms with E-state index in [1.165, 1.54) is 17.0 Å². The van der Waals surface area contributed by atoms with Crippen LogP contribution in [0.2, 0.25) is 0 Å². The topological polar surface area (TPSA) is 87.5 Å². The molecule has 0 spiro atoms. The molecule has 0 aliphatic carbocycles. The van der Waals surface area contributed by atoms with Gasteiger partial charge in [0, 0.05) is 12.5 Å². The van der Waals surface area contributed by atoms with Gasteiger partial charge in [0.25, 0.3) is 5.91 Å². The summed E-state index contributed by atoms with van der Waals surface area (Å²) in [5, 5.41) is 1.13. The summed E-state index contributed by atoms with van der Waals surface area (Å²) in [6.07, 6.45) is 3.51. The highest BCUT2D eigenvalue weighted by molar-refractivity contribution is 7.18. The maximum absolute atomic E-state index is 12.2. The van der Waals surface area contributed by atoms with E-state index in [1.54, 1.807) is 17.4 Å². The van der Waals surface area contributed by atoms with Crippen LogP contribution in [0, 0.1) is 0 Å². The highest BCUT2D eigenvalue weighted by atomic mass is 32.1. The van der Waals surface area contributed by atoms with Gasteiger partial charge in [-0.2, -0.15) is 0 Å². The van der Waals surface area contributed by atoms with Gasteiger partial charge in [-0.15, -0.1) is 11.3 Å². The Kier molecular flexibility index (Phi) is 5.17. The number of carbonyl (C=O) groups excluding carboxylic acids is 2. The molecule has 3 heterocycles. The van der Waals surface area contributed by atoms with Gasteiger partial charge in [-0.1, -0.05) is 12.1 Å². The molecule has 4 rings (SSSR count). The first-order valence-corrected chi connectivity index (χ1v) is 9.71. The van der Waals surface area contributed by atoms with E-state index in [-0.39, 0.29) is 18.2 Å². The van der Waals surface area contributed by atoms with Gasteiger partial charge in [0.2, 0.25) is 0 Å². The van der Waals surface area contributed by atoms with Crippen molar-refractivity contribution in [1.29, 1.82) is 0 Å². The van der Waals surface area contributed by atoms with Crippen molar-refractivity contribution in [3.05, 3.63) is 53.4 Å². The van der Waals surface area contributed by atoms with Crippen LogP contribution in [-0.4, -0.2) is 41.3 Å². The Balaban J connectivity index is 1.31. The Morgan fingerprint density at radius 3 is 2.93 bits per heavy atom. The van der Waals surface area contributed by atoms with Gasteiger partial charge in [0.05, 0.1) is 28.0 Å². The zero-order valence-electron chi connectivity index (χ0n) is 14.7. The van der Waals surface area contributed by atoms with Gasteiger partial charge < -0.3 is 4.42 Å². The molecule has 0 saturated carbocycles. The van der Waals surface area contributed by atoms with Crippen LogP contribution in [0.5, 0.6) is 0 Å². The normalized spacial score (nSPS) is 17.7. The van der Waals surface area contributed by atoms with Crippen molar-refractivity contribution in [2.45, 2.75) is 18.8 Å². The monoisotopic (exact) mass is 384 g/mol. The van der Waals surface area contributed by atoms with Gasteiger partial charge in [-0.3, -0.25) is 25.3 Å². The number of hydrogen-bond acceptors (Lipinski definition) is 6. The van der Waals surface area contributed by atoms with Gasteiger partial charge in [-0.05, 0) is 43.7 Å². The van der Waals surface area contributed by atoms with Gasteiger partial charge in [0.15, 0.2) is 5.76 Å². The van der Waals surface area contributed by atoms with E-state index in [9.17, 15) is 9.59 Å². The van der Waals surface area contributed by atoms with Crippen LogP contribution in [0.1, 0.15) is 34.3 Å². The predicted octanol–water partition coefficient (Wildman–Crippen LogP) is 2.53. The number of fused-ring (bicyclic) bond motifs is 1. The lowest BCUT2D eigenvalue weighted by Gasteiger charge is -2.31. The molecular weight excluding hydrogens is 364 g/mol. The molecule has 2 amide bonds. The Hall–Kier alpha value is -2.71. The number of hydrogen-bond donors (Lipinski definition) is 2. The Labute approximate surface area is 160 Å². The number of thiazole rings is 1. The molecule has 0 unspecified atom stereocenters. The summed E-state index contributed by atoms with van der Waals surface area (Å²) in [5.74, 6) is -0.231. The molecular formula is C19H20N4O3S. The summed E-state index contributed by atoms with van der Waals surface area (Å²) in [6, 6.07) is 11.3. The van der Waals surface area contributed by atoms with Crippen molar-refractivity contribution in [3.8, 4) is 0 Å². The third kappa shape index (κ3) is 4.17. The second kappa shape index (κ2) is 7.89. The summed E-state index contributed by atoms with van der Waals surface area (Å²) in [4.78, 5) is 30.8. The number of rotatable bonds is 4. The van der Waals surface area contributed by atoms with E-state index in [1.807, 2.05) is 18.2 Å². The molecule has 3 aromatic rings. The number of amides is 2. The summed E-state index contributed by atoms with van der Waals surface area (Å²) in [6.45, 7) is 1.89. The fraction of sp³-hybridized carbons (Fsp3) is 0.316. The van der Waals surface area contributed by atoms with Crippen LogP contribution >= 0.6 is 11.3 Å². The van der Waals surface area contributed by atoms with Gasteiger partial charge >= 0.3 is 5.91 Å². The van der Waals surface area contributed by atoms with Crippen LogP contribution in [0.15, 0.2) is 47.1 Å². The third-order valence-electron chi connectivity index (χ3n) is 4.59. The number of piperidine rings is 1. The predicted molar refractivity (Wildman–Crippen MR) is 102 cm³/mol. The van der Waals surface area contributed by atoms with Crippen LogP contribution < -0.4 is 10.9 Å². The number of hydrazine groups is 1. The number of likely N-dealkylation sites (tertiary alicyclic amines) is 1. The number of benzene rings is 1. The maximum Gasteiger partial charge on any atom is 0.305 e. The van der Waals surface area contributed by atoms with Crippen LogP contribution in [0.4, 0.5) is 0 Å². The smallest absolute Gasteiger partial charge is 0.305 e. The molecule has 1 aromatic carbocycles. The molecule has 0 radical (unpaired) electrons. The molecule has 140 valence electrons. The second-order valence-corrected chi connectivity index (χ2v) is 7.64. The van der Waals surface area contributed by atoms with E-state index in [4.69, 9.17) is 9.40 Å². The van der Waals surface area contributed by atoms with E-state index >= 15 is 0 Å². The molecule has 7 nitrogen and oxygen atoms in total. The second-order valence-electron chi connectivity index (χ2n) is 6.57. The third-order valence-corrected chi connectivity index (χ3v) is 5.79. The number of carbonyl (C=O) groups is 2. The maximum atomic E-state index is 12.2. The first-order chi connectivity index (χ1) is 13.2. The number of aromatic nitrogens is 1. The standard InChI is InChI=1S/C19H20N4O3S/c24-17(21-22-18(25)15-7-4-10-26-15)12-23-9-3-5-13(11-23)19-20-14-6-1-2-8-16(14)27-19/h1-2,4,6-8,10,13H,3,5,9,11-12H2,(H,21,24)(H,22,25)/t13-/m0/s1. The zero-order valence-corrected chi connectivity index (χ0v) is 15.5. The van der Waals surface area contributed by atoms with Crippen molar-refractivity contribution in [2.75, 3.05) is 19.6 Å². The number of nitrogens with one attached hydrogen (secondary N) is 2. The summed E-state index contributed by atoms with van der Waals surface area (Å²) in [7, 11) is 0. The molecule has 1 atom stereocenters. The van der Waals surface area contributed by atoms with E-state index in [0.29, 0.717) is 5.92 Å². The largest absolute Gasteiger partial charge is 0.459 e. The van der Waals surface area contributed by atoms with Gasteiger partial charge in [-0.25, -0.2) is 4.98 Å². The van der Waals surface area contributed by atoms with Crippen molar-refractivity contribution in [3.63, 3.8) is 0 Å². The Morgan fingerprint density at radius 1 is 1.22 bits per heavy atom. The highest BCUT2D eigenvalue weighted by Crippen LogP contribution is 2.32. The number of furan rings is 1. The molecule has 0 bridgehead atoms. The SMILES string of the molecule is O=C(CN1CCC[C@H](c2nc3ccccc3s2)C1)NNC(=O)c1ccco1.